The summed E-state index contributed by atoms with van der Waals surface area (Å²) in [4.78, 5) is 17.1. The molecule has 1 fully saturated rings. The van der Waals surface area contributed by atoms with Gasteiger partial charge in [0.1, 0.15) is 0 Å². The van der Waals surface area contributed by atoms with E-state index in [-0.39, 0.29) is 11.9 Å². The minimum Gasteiger partial charge on any atom is -0.369 e. The molecule has 0 aliphatic carbocycles. The van der Waals surface area contributed by atoms with Crippen LogP contribution in [0, 0.1) is 20.8 Å². The Labute approximate surface area is 178 Å². The molecule has 1 aromatic carbocycles. The van der Waals surface area contributed by atoms with Crippen molar-refractivity contribution in [2.24, 2.45) is 0 Å². The third kappa shape index (κ3) is 5.73. The molecule has 1 aliphatic heterocycles. The van der Waals surface area contributed by atoms with Gasteiger partial charge in [0.2, 0.25) is 5.91 Å². The summed E-state index contributed by atoms with van der Waals surface area (Å²) in [6.07, 6.45) is 0.448. The second-order valence-electron chi connectivity index (χ2n) is 8.03. The number of halogens is 1. The number of piperazine rings is 1. The number of benzene rings is 1. The Bertz CT molecular complexity index is 842. The van der Waals surface area contributed by atoms with E-state index in [0.717, 1.165) is 49.1 Å². The van der Waals surface area contributed by atoms with Crippen molar-refractivity contribution in [2.45, 2.75) is 40.2 Å². The van der Waals surface area contributed by atoms with Gasteiger partial charge in [0.25, 0.3) is 0 Å². The SMILES string of the molecule is Cc1cc(C)n([C@H](C)CC(=O)NCCN2CCN(c3cc(Cl)ccc3C)CC2)n1. The number of aryl methyl sites for hydroxylation is 3. The van der Waals surface area contributed by atoms with Crippen molar-refractivity contribution in [3.63, 3.8) is 0 Å². The molecule has 1 aliphatic rings. The van der Waals surface area contributed by atoms with Crippen molar-refractivity contribution < 1.29 is 4.79 Å². The number of aromatic nitrogens is 2. The maximum atomic E-state index is 12.3. The van der Waals surface area contributed by atoms with Gasteiger partial charge in [-0.2, -0.15) is 5.10 Å². The van der Waals surface area contributed by atoms with E-state index >= 15 is 0 Å². The first-order valence-corrected chi connectivity index (χ1v) is 10.7. The third-order valence-corrected chi connectivity index (χ3v) is 5.81. The van der Waals surface area contributed by atoms with Crippen LogP contribution in [0.5, 0.6) is 0 Å². The van der Waals surface area contributed by atoms with Crippen LogP contribution < -0.4 is 10.2 Å². The van der Waals surface area contributed by atoms with E-state index in [0.29, 0.717) is 13.0 Å². The summed E-state index contributed by atoms with van der Waals surface area (Å²) < 4.78 is 1.94. The van der Waals surface area contributed by atoms with Crippen LogP contribution in [-0.2, 0) is 4.79 Å². The topological polar surface area (TPSA) is 53.4 Å². The van der Waals surface area contributed by atoms with E-state index in [1.165, 1.54) is 11.3 Å². The highest BCUT2D eigenvalue weighted by atomic mass is 35.5. The summed E-state index contributed by atoms with van der Waals surface area (Å²) in [5.41, 5.74) is 4.56. The summed E-state index contributed by atoms with van der Waals surface area (Å²) in [5, 5.41) is 8.32. The van der Waals surface area contributed by atoms with Crippen molar-refractivity contribution in [3.05, 3.63) is 46.2 Å². The monoisotopic (exact) mass is 417 g/mol. The Morgan fingerprint density at radius 1 is 1.17 bits per heavy atom. The molecule has 3 rings (SSSR count). The lowest BCUT2D eigenvalue weighted by atomic mass is 10.1. The molecule has 2 aromatic rings. The summed E-state index contributed by atoms with van der Waals surface area (Å²) in [6, 6.07) is 8.17. The van der Waals surface area contributed by atoms with Crippen LogP contribution in [0.1, 0.15) is 36.3 Å². The van der Waals surface area contributed by atoms with Gasteiger partial charge in [-0.1, -0.05) is 17.7 Å². The fourth-order valence-corrected chi connectivity index (χ4v) is 4.17. The summed E-state index contributed by atoms with van der Waals surface area (Å²) in [6.45, 7) is 13.7. The molecular weight excluding hydrogens is 386 g/mol. The van der Waals surface area contributed by atoms with Crippen LogP contribution in [0.15, 0.2) is 24.3 Å². The Balaban J connectivity index is 1.39. The molecule has 1 amide bonds. The van der Waals surface area contributed by atoms with E-state index in [9.17, 15) is 4.79 Å². The van der Waals surface area contributed by atoms with Crippen LogP contribution in [0.25, 0.3) is 0 Å². The summed E-state index contributed by atoms with van der Waals surface area (Å²) in [7, 11) is 0. The van der Waals surface area contributed by atoms with E-state index in [1.807, 2.05) is 37.6 Å². The van der Waals surface area contributed by atoms with Crippen molar-refractivity contribution >= 4 is 23.2 Å². The van der Waals surface area contributed by atoms with Crippen molar-refractivity contribution in [2.75, 3.05) is 44.2 Å². The molecule has 1 N–H and O–H groups in total. The van der Waals surface area contributed by atoms with Gasteiger partial charge in [0.15, 0.2) is 0 Å². The lowest BCUT2D eigenvalue weighted by molar-refractivity contribution is -0.121. The molecule has 0 saturated carbocycles. The fraction of sp³-hybridized carbons (Fsp3) is 0.545. The number of hydrogen-bond acceptors (Lipinski definition) is 4. The second kappa shape index (κ2) is 9.63. The molecule has 158 valence electrons. The maximum absolute atomic E-state index is 12.3. The lowest BCUT2D eigenvalue weighted by Crippen LogP contribution is -2.48. The molecule has 1 atom stereocenters. The molecule has 0 radical (unpaired) electrons. The highest BCUT2D eigenvalue weighted by molar-refractivity contribution is 6.30. The number of rotatable bonds is 7. The highest BCUT2D eigenvalue weighted by Crippen LogP contribution is 2.25. The smallest absolute Gasteiger partial charge is 0.222 e. The second-order valence-corrected chi connectivity index (χ2v) is 8.47. The molecule has 0 unspecified atom stereocenters. The molecule has 2 heterocycles. The third-order valence-electron chi connectivity index (χ3n) is 5.58. The minimum atomic E-state index is 0.0631. The quantitative estimate of drug-likeness (QED) is 0.750. The fourth-order valence-electron chi connectivity index (χ4n) is 4.01. The zero-order valence-electron chi connectivity index (χ0n) is 17.9. The highest BCUT2D eigenvalue weighted by Gasteiger charge is 2.19. The standard InChI is InChI=1S/C22H32ClN5O/c1-16-5-6-20(23)15-21(16)27-11-9-26(10-12-27)8-7-24-22(29)14-19(4)28-18(3)13-17(2)25-28/h5-6,13,15,19H,7-12,14H2,1-4H3,(H,24,29)/t19-/m1/s1. The Hall–Kier alpha value is -2.05. The molecule has 1 aromatic heterocycles. The van der Waals surface area contributed by atoms with Gasteiger partial charge in [-0.05, 0) is 51.5 Å². The Kier molecular flexibility index (Phi) is 7.19. The average molecular weight is 418 g/mol. The number of nitrogens with zero attached hydrogens (tertiary/aromatic N) is 4. The number of hydrogen-bond donors (Lipinski definition) is 1. The number of nitrogens with one attached hydrogen (secondary N) is 1. The minimum absolute atomic E-state index is 0.0631. The van der Waals surface area contributed by atoms with Gasteiger partial charge in [-0.15, -0.1) is 0 Å². The molecule has 6 nitrogen and oxygen atoms in total. The molecular formula is C22H32ClN5O. The molecule has 7 heteroatoms. The molecule has 29 heavy (non-hydrogen) atoms. The maximum Gasteiger partial charge on any atom is 0.222 e. The number of carbonyl (C=O) groups excluding carboxylic acids is 1. The number of anilines is 1. The molecule has 1 saturated heterocycles. The van der Waals surface area contributed by atoms with Gasteiger partial charge < -0.3 is 10.2 Å². The molecule has 0 spiro atoms. The first kappa shape index (κ1) is 21.7. The van der Waals surface area contributed by atoms with E-state index < -0.39 is 0 Å². The van der Waals surface area contributed by atoms with Gasteiger partial charge in [0, 0.05) is 62.1 Å². The Morgan fingerprint density at radius 3 is 2.55 bits per heavy atom. The zero-order valence-corrected chi connectivity index (χ0v) is 18.7. The van der Waals surface area contributed by atoms with Gasteiger partial charge in [0.05, 0.1) is 11.7 Å². The average Bonchev–Trinajstić information content (AvgIpc) is 3.02. The van der Waals surface area contributed by atoms with Crippen LogP contribution in [0.2, 0.25) is 5.02 Å². The summed E-state index contributed by atoms with van der Waals surface area (Å²) in [5.74, 6) is 0.0817. The van der Waals surface area contributed by atoms with Gasteiger partial charge in [-0.25, -0.2) is 0 Å². The molecule has 0 bridgehead atoms. The summed E-state index contributed by atoms with van der Waals surface area (Å²) >= 11 is 6.16. The normalized spacial score (nSPS) is 16.1. The largest absolute Gasteiger partial charge is 0.369 e. The van der Waals surface area contributed by atoms with E-state index in [1.54, 1.807) is 0 Å². The predicted molar refractivity (Wildman–Crippen MR) is 119 cm³/mol. The van der Waals surface area contributed by atoms with Crippen LogP contribution >= 0.6 is 11.6 Å². The number of carbonyl (C=O) groups is 1. The first-order chi connectivity index (χ1) is 13.8. The van der Waals surface area contributed by atoms with Crippen LogP contribution in [0.4, 0.5) is 5.69 Å². The van der Waals surface area contributed by atoms with Gasteiger partial charge >= 0.3 is 0 Å². The van der Waals surface area contributed by atoms with Gasteiger partial charge in [-0.3, -0.25) is 14.4 Å². The first-order valence-electron chi connectivity index (χ1n) is 10.4. The Morgan fingerprint density at radius 2 is 1.90 bits per heavy atom. The number of amides is 1. The van der Waals surface area contributed by atoms with Crippen LogP contribution in [0.3, 0.4) is 0 Å². The predicted octanol–water partition coefficient (Wildman–Crippen LogP) is 3.35. The van der Waals surface area contributed by atoms with E-state index in [2.05, 4.69) is 39.3 Å². The van der Waals surface area contributed by atoms with Crippen molar-refractivity contribution in [1.29, 1.82) is 0 Å². The van der Waals surface area contributed by atoms with Crippen LogP contribution in [-0.4, -0.2) is 59.9 Å². The zero-order chi connectivity index (χ0) is 21.0. The lowest BCUT2D eigenvalue weighted by Gasteiger charge is -2.36. The van der Waals surface area contributed by atoms with Crippen molar-refractivity contribution in [3.8, 4) is 0 Å². The van der Waals surface area contributed by atoms with Crippen molar-refractivity contribution in [1.82, 2.24) is 20.0 Å². The van der Waals surface area contributed by atoms with E-state index in [4.69, 9.17) is 11.6 Å².